The predicted octanol–water partition coefficient (Wildman–Crippen LogP) is 3.85. The number of carbonyl (C=O) groups excluding carboxylic acids is 2. The number of anilines is 1. The van der Waals surface area contributed by atoms with E-state index in [1.165, 1.54) is 31.3 Å². The predicted molar refractivity (Wildman–Crippen MR) is 146 cm³/mol. The quantitative estimate of drug-likeness (QED) is 0.356. The van der Waals surface area contributed by atoms with E-state index in [2.05, 4.69) is 5.32 Å². The molecule has 1 atom stereocenters. The number of unbranched alkanes of at least 4 members (excludes halogenated alkanes) is 1. The van der Waals surface area contributed by atoms with E-state index in [0.717, 1.165) is 29.0 Å². The third-order valence-corrected chi connectivity index (χ3v) is 7.21. The summed E-state index contributed by atoms with van der Waals surface area (Å²) in [5, 5.41) is 3.44. The molecule has 0 aliphatic rings. The molecule has 0 bridgehead atoms. The van der Waals surface area contributed by atoms with Crippen LogP contribution in [0.25, 0.3) is 0 Å². The molecule has 0 radical (unpaired) electrons. The van der Waals surface area contributed by atoms with Crippen LogP contribution in [0.15, 0.2) is 42.5 Å². The van der Waals surface area contributed by atoms with Crippen molar-refractivity contribution < 1.29 is 27.5 Å². The molecule has 0 aliphatic heterocycles. The number of sulfonamides is 1. The lowest BCUT2D eigenvalue weighted by Gasteiger charge is -2.33. The number of rotatable bonds is 14. The van der Waals surface area contributed by atoms with Crippen LogP contribution in [0.2, 0.25) is 5.02 Å². The fourth-order valence-corrected chi connectivity index (χ4v) is 4.77. The Kier molecular flexibility index (Phi) is 11.5. The van der Waals surface area contributed by atoms with Crippen molar-refractivity contribution in [2.45, 2.75) is 45.7 Å². The van der Waals surface area contributed by atoms with Gasteiger partial charge in [-0.15, -0.1) is 0 Å². The molecule has 204 valence electrons. The zero-order valence-corrected chi connectivity index (χ0v) is 23.6. The van der Waals surface area contributed by atoms with Crippen molar-refractivity contribution in [2.24, 2.45) is 0 Å². The Morgan fingerprint density at radius 3 is 2.22 bits per heavy atom. The van der Waals surface area contributed by atoms with Crippen LogP contribution in [0.4, 0.5) is 5.69 Å². The Morgan fingerprint density at radius 1 is 1.03 bits per heavy atom. The number of hydrogen-bond donors (Lipinski definition) is 1. The number of hydrogen-bond acceptors (Lipinski definition) is 6. The summed E-state index contributed by atoms with van der Waals surface area (Å²) in [4.78, 5) is 28.2. The van der Waals surface area contributed by atoms with Crippen molar-refractivity contribution in [1.29, 1.82) is 0 Å². The molecule has 37 heavy (non-hydrogen) atoms. The molecule has 0 heterocycles. The normalized spacial score (nSPS) is 11.9. The van der Waals surface area contributed by atoms with Crippen molar-refractivity contribution in [1.82, 2.24) is 10.2 Å². The number of benzene rings is 2. The Bertz CT molecular complexity index is 1160. The van der Waals surface area contributed by atoms with Crippen molar-refractivity contribution in [3.8, 4) is 11.5 Å². The Morgan fingerprint density at radius 2 is 1.68 bits per heavy atom. The third kappa shape index (κ3) is 8.53. The van der Waals surface area contributed by atoms with Gasteiger partial charge >= 0.3 is 0 Å². The average Bonchev–Trinajstić information content (AvgIpc) is 2.87. The number of methoxy groups -OCH3 is 2. The van der Waals surface area contributed by atoms with Gasteiger partial charge in [0.05, 0.1) is 26.2 Å². The SMILES string of the molecule is CCCCNC(=O)C(CC)N(Cc1ccc(Cl)cc1)C(=O)CN(c1ccc(OC)c(OC)c1)S(C)(=O)=O. The number of halogens is 1. The lowest BCUT2D eigenvalue weighted by molar-refractivity contribution is -0.140. The van der Waals surface area contributed by atoms with Crippen LogP contribution < -0.4 is 19.1 Å². The van der Waals surface area contributed by atoms with Gasteiger partial charge in [0.25, 0.3) is 0 Å². The first-order valence-electron chi connectivity index (χ1n) is 12.1. The Labute approximate surface area is 224 Å². The summed E-state index contributed by atoms with van der Waals surface area (Å²) in [5.74, 6) is -0.0611. The molecule has 11 heteroatoms. The van der Waals surface area contributed by atoms with Crippen LogP contribution >= 0.6 is 11.6 Å². The van der Waals surface area contributed by atoms with Gasteiger partial charge in [0.15, 0.2) is 11.5 Å². The molecule has 2 rings (SSSR count). The number of nitrogens with zero attached hydrogens (tertiary/aromatic N) is 2. The molecule has 0 fully saturated rings. The summed E-state index contributed by atoms with van der Waals surface area (Å²) in [6, 6.07) is 10.8. The summed E-state index contributed by atoms with van der Waals surface area (Å²) >= 11 is 6.02. The lowest BCUT2D eigenvalue weighted by Crippen LogP contribution is -2.52. The fourth-order valence-electron chi connectivity index (χ4n) is 3.81. The Hall–Kier alpha value is -2.98. The zero-order valence-electron chi connectivity index (χ0n) is 22.0. The highest BCUT2D eigenvalue weighted by Crippen LogP contribution is 2.32. The largest absolute Gasteiger partial charge is 0.493 e. The molecule has 1 unspecified atom stereocenters. The molecule has 0 saturated carbocycles. The van der Waals surface area contributed by atoms with Crippen LogP contribution in [0.1, 0.15) is 38.7 Å². The molecule has 9 nitrogen and oxygen atoms in total. The minimum Gasteiger partial charge on any atom is -0.493 e. The monoisotopic (exact) mass is 553 g/mol. The van der Waals surface area contributed by atoms with Crippen LogP contribution in [0.3, 0.4) is 0 Å². The fraction of sp³-hybridized carbons (Fsp3) is 0.462. The number of nitrogens with one attached hydrogen (secondary N) is 1. The van der Waals surface area contributed by atoms with Gasteiger partial charge in [-0.2, -0.15) is 0 Å². The molecule has 2 aromatic carbocycles. The van der Waals surface area contributed by atoms with Crippen molar-refractivity contribution in [3.05, 3.63) is 53.1 Å². The van der Waals surface area contributed by atoms with E-state index >= 15 is 0 Å². The molecule has 2 aromatic rings. The van der Waals surface area contributed by atoms with E-state index in [4.69, 9.17) is 21.1 Å². The Balaban J connectivity index is 2.44. The molecule has 2 amide bonds. The van der Waals surface area contributed by atoms with Crippen LogP contribution in [-0.2, 0) is 26.2 Å². The van der Waals surface area contributed by atoms with E-state index < -0.39 is 28.5 Å². The van der Waals surface area contributed by atoms with E-state index in [1.807, 2.05) is 13.8 Å². The topological polar surface area (TPSA) is 105 Å². The first-order valence-corrected chi connectivity index (χ1v) is 14.3. The van der Waals surface area contributed by atoms with E-state index in [-0.39, 0.29) is 18.1 Å². The second-order valence-electron chi connectivity index (χ2n) is 8.53. The third-order valence-electron chi connectivity index (χ3n) is 5.82. The second-order valence-corrected chi connectivity index (χ2v) is 10.9. The molecule has 0 spiro atoms. The highest BCUT2D eigenvalue weighted by atomic mass is 35.5. The van der Waals surface area contributed by atoms with Gasteiger partial charge in [0.2, 0.25) is 21.8 Å². The summed E-state index contributed by atoms with van der Waals surface area (Å²) in [6.07, 6.45) is 3.11. The molecule has 1 N–H and O–H groups in total. The summed E-state index contributed by atoms with van der Waals surface area (Å²) < 4.78 is 37.1. The maximum atomic E-state index is 13.7. The van der Waals surface area contributed by atoms with Gasteiger partial charge in [0.1, 0.15) is 12.6 Å². The highest BCUT2D eigenvalue weighted by Gasteiger charge is 2.32. The first kappa shape index (κ1) is 30.2. The molecular formula is C26H36ClN3O6S. The van der Waals surface area contributed by atoms with Crippen LogP contribution in [0, 0.1) is 0 Å². The maximum absolute atomic E-state index is 13.7. The minimum atomic E-state index is -3.87. The summed E-state index contributed by atoms with van der Waals surface area (Å²) in [6.45, 7) is 3.94. The van der Waals surface area contributed by atoms with Gasteiger partial charge in [-0.05, 0) is 42.7 Å². The van der Waals surface area contributed by atoms with Gasteiger partial charge in [-0.25, -0.2) is 8.42 Å². The first-order chi connectivity index (χ1) is 17.5. The van der Waals surface area contributed by atoms with Crippen molar-refractivity contribution in [3.63, 3.8) is 0 Å². The van der Waals surface area contributed by atoms with Crippen molar-refractivity contribution >= 4 is 39.1 Å². The molecular weight excluding hydrogens is 518 g/mol. The zero-order chi connectivity index (χ0) is 27.6. The van der Waals surface area contributed by atoms with Crippen LogP contribution in [-0.4, -0.2) is 64.7 Å². The molecule has 0 saturated heterocycles. The van der Waals surface area contributed by atoms with Gasteiger partial charge in [-0.1, -0.05) is 44.0 Å². The van der Waals surface area contributed by atoms with Crippen molar-refractivity contribution in [2.75, 3.05) is 37.9 Å². The maximum Gasteiger partial charge on any atom is 0.244 e. The standard InChI is InChI=1S/C26H36ClN3O6S/c1-6-8-15-28-26(32)22(7-2)29(17-19-9-11-20(27)12-10-19)25(31)18-30(37(5,33)34)21-13-14-23(35-3)24(16-21)36-4/h9-14,16,22H,6-8,15,17-18H2,1-5H3,(H,28,32). The number of ether oxygens (including phenoxy) is 2. The minimum absolute atomic E-state index is 0.110. The average molecular weight is 554 g/mol. The number of amides is 2. The smallest absolute Gasteiger partial charge is 0.244 e. The molecule has 0 aliphatic carbocycles. The van der Waals surface area contributed by atoms with E-state index in [0.29, 0.717) is 29.5 Å². The van der Waals surface area contributed by atoms with E-state index in [9.17, 15) is 18.0 Å². The van der Waals surface area contributed by atoms with Gasteiger partial charge in [-0.3, -0.25) is 13.9 Å². The van der Waals surface area contributed by atoms with Gasteiger partial charge < -0.3 is 19.7 Å². The highest BCUT2D eigenvalue weighted by molar-refractivity contribution is 7.92. The molecule has 0 aromatic heterocycles. The number of carbonyl (C=O) groups is 2. The lowest BCUT2D eigenvalue weighted by atomic mass is 10.1. The summed E-state index contributed by atoms with van der Waals surface area (Å²) in [7, 11) is -0.957. The van der Waals surface area contributed by atoms with Crippen LogP contribution in [0.5, 0.6) is 11.5 Å². The second kappa shape index (κ2) is 14.1. The van der Waals surface area contributed by atoms with Gasteiger partial charge in [0, 0.05) is 24.2 Å². The summed E-state index contributed by atoms with van der Waals surface area (Å²) in [5.41, 5.74) is 0.995. The van der Waals surface area contributed by atoms with E-state index in [1.54, 1.807) is 30.3 Å².